The van der Waals surface area contributed by atoms with E-state index >= 15 is 0 Å². The summed E-state index contributed by atoms with van der Waals surface area (Å²) in [5.74, 6) is 3.24. The predicted octanol–water partition coefficient (Wildman–Crippen LogP) is 13.0. The molecule has 7 atom stereocenters. The van der Waals surface area contributed by atoms with Crippen molar-refractivity contribution in [3.63, 3.8) is 0 Å². The molecule has 4 heteroatoms. The van der Waals surface area contributed by atoms with Crippen molar-refractivity contribution in [2.75, 3.05) is 0 Å². The Morgan fingerprint density at radius 2 is 1.44 bits per heavy atom. The van der Waals surface area contributed by atoms with Crippen LogP contribution in [0.4, 0.5) is 0 Å². The smallest absolute Gasteiger partial charge is 0.192 e. The molecule has 0 N–H and O–H groups in total. The van der Waals surface area contributed by atoms with Gasteiger partial charge in [0.05, 0.1) is 5.60 Å². The summed E-state index contributed by atoms with van der Waals surface area (Å²) < 4.78 is 14.2. The maximum atomic E-state index is 7.24. The lowest BCUT2D eigenvalue weighted by Gasteiger charge is -2.56. The van der Waals surface area contributed by atoms with Crippen LogP contribution in [0.25, 0.3) is 0 Å². The molecule has 258 valence electrons. The molecular weight excluding hydrogens is 581 g/mol. The fraction of sp³-hybridized carbons (Fsp3) is 0.902. The average molecular weight is 655 g/mol. The molecule has 4 fully saturated rings. The minimum absolute atomic E-state index is 0.171. The van der Waals surface area contributed by atoms with Crippen molar-refractivity contribution in [3.05, 3.63) is 23.3 Å². The number of hydrogen-bond acceptors (Lipinski definition) is 2. The summed E-state index contributed by atoms with van der Waals surface area (Å²) in [5, 5.41) is 0.572. The van der Waals surface area contributed by atoms with Crippen LogP contribution < -0.4 is 0 Å². The minimum Gasteiger partial charge on any atom is -0.414 e. The maximum Gasteiger partial charge on any atom is 0.192 e. The molecule has 0 saturated heterocycles. The molecule has 0 bridgehead atoms. The van der Waals surface area contributed by atoms with Gasteiger partial charge in [0.1, 0.15) is 0 Å². The van der Waals surface area contributed by atoms with Crippen LogP contribution in [0, 0.1) is 34.5 Å². The second-order valence-corrected chi connectivity index (χ2v) is 30.0. The summed E-state index contributed by atoms with van der Waals surface area (Å²) in [6.07, 6.45) is 24.4. The molecule has 1 unspecified atom stereocenters. The molecule has 2 nitrogen and oxygen atoms in total. The summed E-state index contributed by atoms with van der Waals surface area (Å²) in [4.78, 5) is 0. The van der Waals surface area contributed by atoms with Crippen molar-refractivity contribution in [2.45, 2.75) is 200 Å². The largest absolute Gasteiger partial charge is 0.414 e. The highest BCUT2D eigenvalue weighted by atomic mass is 28.4. The lowest BCUT2D eigenvalue weighted by atomic mass is 9.50. The molecule has 0 aliphatic heterocycles. The van der Waals surface area contributed by atoms with Crippen LogP contribution in [0.3, 0.4) is 0 Å². The van der Waals surface area contributed by atoms with E-state index in [-0.39, 0.29) is 10.6 Å². The Morgan fingerprint density at radius 3 is 2.07 bits per heavy atom. The third-order valence-electron chi connectivity index (χ3n) is 15.6. The van der Waals surface area contributed by atoms with Gasteiger partial charge in [-0.2, -0.15) is 0 Å². The standard InChI is InChI=1S/C41H74O2Si2/c1-30(17-16-26-41(24-14-15-25-41)43-45(12,13)38(5,6)7)34-20-21-35-33-19-18-31-29-32(42-44(10,11)37(2,3)4)22-27-39(31,8)36(33)23-28-40(34,35)9/h18-19,30,32,34-36H,14-17,20-29H2,1-13H3/t30-,32?,34+,35-,36-,39-,40+/m0/s1. The first kappa shape index (κ1) is 36.1. The molecule has 0 amide bonds. The van der Waals surface area contributed by atoms with Gasteiger partial charge in [0.2, 0.25) is 0 Å². The number of rotatable bonds is 9. The van der Waals surface area contributed by atoms with Crippen molar-refractivity contribution in [2.24, 2.45) is 34.5 Å². The van der Waals surface area contributed by atoms with E-state index in [1.807, 2.05) is 5.57 Å². The van der Waals surface area contributed by atoms with E-state index < -0.39 is 16.6 Å². The van der Waals surface area contributed by atoms with Gasteiger partial charge in [0, 0.05) is 6.10 Å². The molecule has 0 radical (unpaired) electrons. The Bertz CT molecular complexity index is 1130. The van der Waals surface area contributed by atoms with Gasteiger partial charge < -0.3 is 8.85 Å². The van der Waals surface area contributed by atoms with Gasteiger partial charge in [-0.1, -0.05) is 111 Å². The third-order valence-corrected chi connectivity index (χ3v) is 24.7. The number of hydrogen-bond donors (Lipinski definition) is 0. The third kappa shape index (κ3) is 6.72. The molecule has 0 aromatic heterocycles. The molecule has 5 rings (SSSR count). The normalized spacial score (nSPS) is 36.1. The van der Waals surface area contributed by atoms with Crippen LogP contribution in [0.15, 0.2) is 23.3 Å². The molecule has 0 heterocycles. The van der Waals surface area contributed by atoms with Crippen LogP contribution in [-0.2, 0) is 8.85 Å². The van der Waals surface area contributed by atoms with Gasteiger partial charge >= 0.3 is 0 Å². The molecule has 0 aromatic rings. The van der Waals surface area contributed by atoms with Crippen LogP contribution in [0.5, 0.6) is 0 Å². The Balaban J connectivity index is 1.24. The maximum absolute atomic E-state index is 7.24. The first-order valence-corrected chi connectivity index (χ1v) is 25.3. The average Bonchev–Trinajstić information content (AvgIpc) is 3.51. The SMILES string of the molecule is C[C@@H](CCCC1(O[Si](C)(C)C(C)(C)C)CCCC1)[C@H]1CC[C@H]2C3=CC=C4CC(O[Si](C)(C)C(C)(C)C)CC[C@]4(C)[C@H]3CC[C@]12C. The Morgan fingerprint density at radius 1 is 0.800 bits per heavy atom. The minimum atomic E-state index is -1.75. The van der Waals surface area contributed by atoms with E-state index in [9.17, 15) is 0 Å². The van der Waals surface area contributed by atoms with Gasteiger partial charge in [0.15, 0.2) is 16.6 Å². The number of allylic oxidation sites excluding steroid dienone is 3. The van der Waals surface area contributed by atoms with Crippen molar-refractivity contribution in [1.82, 2.24) is 0 Å². The molecular formula is C41H74O2Si2. The fourth-order valence-electron chi connectivity index (χ4n) is 10.7. The predicted molar refractivity (Wildman–Crippen MR) is 200 cm³/mol. The summed E-state index contributed by atoms with van der Waals surface area (Å²) in [7, 11) is -3.50. The Kier molecular flexibility index (Phi) is 9.88. The molecule has 5 aliphatic carbocycles. The molecule has 5 aliphatic rings. The van der Waals surface area contributed by atoms with Crippen LogP contribution >= 0.6 is 0 Å². The van der Waals surface area contributed by atoms with Crippen LogP contribution in [0.2, 0.25) is 36.3 Å². The zero-order chi connectivity index (χ0) is 33.3. The molecule has 45 heavy (non-hydrogen) atoms. The summed E-state index contributed by atoms with van der Waals surface area (Å²) in [5.41, 5.74) is 4.56. The zero-order valence-electron chi connectivity index (χ0n) is 32.3. The first-order valence-electron chi connectivity index (χ1n) is 19.4. The highest BCUT2D eigenvalue weighted by Gasteiger charge is 2.57. The summed E-state index contributed by atoms with van der Waals surface area (Å²) >= 11 is 0. The summed E-state index contributed by atoms with van der Waals surface area (Å²) in [6, 6.07) is 0. The fourth-order valence-corrected chi connectivity index (χ4v) is 13.8. The monoisotopic (exact) mass is 655 g/mol. The van der Waals surface area contributed by atoms with E-state index in [4.69, 9.17) is 8.85 Å². The van der Waals surface area contributed by atoms with Gasteiger partial charge in [-0.3, -0.25) is 0 Å². The van der Waals surface area contributed by atoms with Crippen LogP contribution in [-0.4, -0.2) is 28.3 Å². The quantitative estimate of drug-likeness (QED) is 0.230. The summed E-state index contributed by atoms with van der Waals surface area (Å²) in [6.45, 7) is 32.2. The van der Waals surface area contributed by atoms with E-state index in [1.54, 1.807) is 5.57 Å². The Labute approximate surface area is 282 Å². The van der Waals surface area contributed by atoms with E-state index in [1.165, 1.54) is 83.5 Å². The zero-order valence-corrected chi connectivity index (χ0v) is 34.3. The van der Waals surface area contributed by atoms with Crippen molar-refractivity contribution in [1.29, 1.82) is 0 Å². The van der Waals surface area contributed by atoms with E-state index in [2.05, 4.69) is 101 Å². The lowest BCUT2D eigenvalue weighted by Crippen LogP contribution is -2.49. The topological polar surface area (TPSA) is 18.5 Å². The van der Waals surface area contributed by atoms with Gasteiger partial charge in [-0.15, -0.1) is 0 Å². The molecule has 0 spiro atoms. The van der Waals surface area contributed by atoms with Crippen LogP contribution in [0.1, 0.15) is 152 Å². The second kappa shape index (κ2) is 12.3. The van der Waals surface area contributed by atoms with Crippen molar-refractivity contribution < 1.29 is 8.85 Å². The van der Waals surface area contributed by atoms with E-state index in [0.717, 1.165) is 30.1 Å². The van der Waals surface area contributed by atoms with Gasteiger partial charge in [-0.05, 0) is 135 Å². The van der Waals surface area contributed by atoms with Gasteiger partial charge in [-0.25, -0.2) is 0 Å². The van der Waals surface area contributed by atoms with Crippen molar-refractivity contribution in [3.8, 4) is 0 Å². The molecule has 0 aromatic carbocycles. The highest BCUT2D eigenvalue weighted by molar-refractivity contribution is 6.74. The highest BCUT2D eigenvalue weighted by Crippen LogP contribution is 2.66. The first-order chi connectivity index (χ1) is 20.6. The Hall–Kier alpha value is -0.166. The second-order valence-electron chi connectivity index (χ2n) is 20.5. The van der Waals surface area contributed by atoms with E-state index in [0.29, 0.717) is 22.0 Å². The van der Waals surface area contributed by atoms with Crippen molar-refractivity contribution >= 4 is 16.6 Å². The number of fused-ring (bicyclic) bond motifs is 5. The molecule has 4 saturated carbocycles. The lowest BCUT2D eigenvalue weighted by molar-refractivity contribution is 0.0289. The van der Waals surface area contributed by atoms with Gasteiger partial charge in [0.25, 0.3) is 0 Å².